The lowest BCUT2D eigenvalue weighted by molar-refractivity contribution is -0.151. The van der Waals surface area contributed by atoms with Gasteiger partial charge in [-0.05, 0) is 25.5 Å². The molecule has 18 heavy (non-hydrogen) atoms. The maximum atomic E-state index is 11.6. The van der Waals surface area contributed by atoms with Gasteiger partial charge in [-0.1, -0.05) is 36.5 Å². The Morgan fingerprint density at radius 2 is 2.06 bits per heavy atom. The Labute approximate surface area is 117 Å². The Balaban J connectivity index is 2.50. The Kier molecular flexibility index (Phi) is 6.30. The van der Waals surface area contributed by atoms with Crippen LogP contribution in [0.4, 0.5) is 0 Å². The lowest BCUT2D eigenvalue weighted by Gasteiger charge is -2.14. The van der Waals surface area contributed by atoms with Gasteiger partial charge in [0.2, 0.25) is 0 Å². The van der Waals surface area contributed by atoms with E-state index in [1.54, 1.807) is 25.1 Å². The molecule has 100 valence electrons. The molecule has 0 aliphatic heterocycles. The van der Waals surface area contributed by atoms with E-state index >= 15 is 0 Å². The third-order valence-corrected chi connectivity index (χ3v) is 3.02. The van der Waals surface area contributed by atoms with Crippen LogP contribution in [0.2, 0.25) is 10.0 Å². The minimum absolute atomic E-state index is 0.380. The fourth-order valence-electron chi connectivity index (χ4n) is 1.24. The first-order valence-electron chi connectivity index (χ1n) is 5.83. The molecular weight excluding hydrogens is 275 g/mol. The van der Waals surface area contributed by atoms with E-state index in [2.05, 4.69) is 0 Å². The summed E-state index contributed by atoms with van der Waals surface area (Å²) in [5.74, 6) is 0.110. The molecule has 1 aromatic rings. The lowest BCUT2D eigenvalue weighted by Crippen LogP contribution is -2.26. The number of carbonyl (C=O) groups is 1. The molecule has 0 saturated carbocycles. The molecule has 1 rings (SSSR count). The van der Waals surface area contributed by atoms with Crippen molar-refractivity contribution in [1.29, 1.82) is 0 Å². The molecule has 1 aromatic carbocycles. The average molecular weight is 291 g/mol. The van der Waals surface area contributed by atoms with Crippen molar-refractivity contribution in [3.63, 3.8) is 0 Å². The second-order valence-electron chi connectivity index (χ2n) is 3.86. The molecule has 5 heteroatoms. The van der Waals surface area contributed by atoms with Crippen molar-refractivity contribution < 1.29 is 14.3 Å². The van der Waals surface area contributed by atoms with Gasteiger partial charge in [0.25, 0.3) is 0 Å². The van der Waals surface area contributed by atoms with Crippen molar-refractivity contribution in [2.75, 3.05) is 6.61 Å². The van der Waals surface area contributed by atoms with E-state index in [0.29, 0.717) is 22.4 Å². The van der Waals surface area contributed by atoms with Gasteiger partial charge in [-0.25, -0.2) is 4.79 Å². The van der Waals surface area contributed by atoms with Crippen molar-refractivity contribution in [2.45, 2.75) is 32.8 Å². The molecule has 1 unspecified atom stereocenters. The first-order valence-corrected chi connectivity index (χ1v) is 6.58. The summed E-state index contributed by atoms with van der Waals surface area (Å²) in [5, 5.41) is 0.836. The zero-order valence-electron chi connectivity index (χ0n) is 10.4. The molecule has 0 aliphatic carbocycles. The summed E-state index contributed by atoms with van der Waals surface area (Å²) in [6.45, 7) is 4.09. The second kappa shape index (κ2) is 7.49. The quantitative estimate of drug-likeness (QED) is 0.584. The van der Waals surface area contributed by atoms with E-state index in [0.717, 1.165) is 12.8 Å². The largest absolute Gasteiger partial charge is 0.479 e. The third kappa shape index (κ3) is 4.75. The van der Waals surface area contributed by atoms with Crippen LogP contribution in [-0.4, -0.2) is 18.7 Å². The van der Waals surface area contributed by atoms with Crippen LogP contribution in [0.5, 0.6) is 5.75 Å². The molecule has 0 fully saturated rings. The second-order valence-corrected chi connectivity index (χ2v) is 4.67. The summed E-state index contributed by atoms with van der Waals surface area (Å²) in [6, 6.07) is 4.85. The number of hydrogen-bond donors (Lipinski definition) is 0. The monoisotopic (exact) mass is 290 g/mol. The van der Waals surface area contributed by atoms with Crippen LogP contribution in [-0.2, 0) is 9.53 Å². The van der Waals surface area contributed by atoms with Crippen LogP contribution in [0.3, 0.4) is 0 Å². The summed E-state index contributed by atoms with van der Waals surface area (Å²) in [5.41, 5.74) is 0. The van der Waals surface area contributed by atoms with E-state index in [4.69, 9.17) is 32.7 Å². The molecule has 0 saturated heterocycles. The van der Waals surface area contributed by atoms with Gasteiger partial charge < -0.3 is 9.47 Å². The first-order chi connectivity index (χ1) is 8.54. The number of benzene rings is 1. The maximum Gasteiger partial charge on any atom is 0.347 e. The fraction of sp³-hybridized carbons (Fsp3) is 0.462. The summed E-state index contributed by atoms with van der Waals surface area (Å²) >= 11 is 11.6. The van der Waals surface area contributed by atoms with E-state index in [-0.39, 0.29) is 5.97 Å². The highest BCUT2D eigenvalue weighted by atomic mass is 35.5. The number of hydrogen-bond acceptors (Lipinski definition) is 3. The van der Waals surface area contributed by atoms with Gasteiger partial charge in [-0.15, -0.1) is 0 Å². The number of carbonyl (C=O) groups excluding carboxylic acids is 1. The summed E-state index contributed by atoms with van der Waals surface area (Å²) in [7, 11) is 0. The predicted molar refractivity (Wildman–Crippen MR) is 72.4 cm³/mol. The molecule has 0 aliphatic rings. The van der Waals surface area contributed by atoms with Gasteiger partial charge in [-0.3, -0.25) is 0 Å². The molecule has 0 heterocycles. The molecule has 0 N–H and O–H groups in total. The Morgan fingerprint density at radius 1 is 1.33 bits per heavy atom. The molecular formula is C13H16Cl2O3. The molecule has 1 atom stereocenters. The van der Waals surface area contributed by atoms with E-state index in [1.165, 1.54) is 0 Å². The van der Waals surface area contributed by atoms with Gasteiger partial charge in [0.05, 0.1) is 16.7 Å². The van der Waals surface area contributed by atoms with E-state index < -0.39 is 6.10 Å². The average Bonchev–Trinajstić information content (AvgIpc) is 2.34. The van der Waals surface area contributed by atoms with Gasteiger partial charge in [0.15, 0.2) is 6.10 Å². The molecule has 3 nitrogen and oxygen atoms in total. The predicted octanol–water partition coefficient (Wildman–Crippen LogP) is 4.10. The van der Waals surface area contributed by atoms with Crippen molar-refractivity contribution in [3.05, 3.63) is 28.2 Å². The normalized spacial score (nSPS) is 12.0. The van der Waals surface area contributed by atoms with Gasteiger partial charge in [-0.2, -0.15) is 0 Å². The van der Waals surface area contributed by atoms with Crippen molar-refractivity contribution in [1.82, 2.24) is 0 Å². The number of esters is 1. The standard InChI is InChI=1S/C13H16Cl2O3/c1-3-4-7-17-13(16)9(2)18-10-5-6-11(14)12(15)8-10/h5-6,8-9H,3-4,7H2,1-2H3. The maximum absolute atomic E-state index is 11.6. The minimum Gasteiger partial charge on any atom is -0.479 e. The molecule has 0 radical (unpaired) electrons. The number of rotatable bonds is 6. The molecule has 0 bridgehead atoms. The van der Waals surface area contributed by atoms with Gasteiger partial charge >= 0.3 is 5.97 Å². The fourth-order valence-corrected chi connectivity index (χ4v) is 1.52. The zero-order chi connectivity index (χ0) is 13.5. The van der Waals surface area contributed by atoms with E-state index in [1.807, 2.05) is 6.92 Å². The number of ether oxygens (including phenoxy) is 2. The Bertz CT molecular complexity index is 407. The van der Waals surface area contributed by atoms with Crippen LogP contribution in [0, 0.1) is 0 Å². The van der Waals surface area contributed by atoms with Crippen LogP contribution in [0.1, 0.15) is 26.7 Å². The highest BCUT2D eigenvalue weighted by Gasteiger charge is 2.16. The Morgan fingerprint density at radius 3 is 2.67 bits per heavy atom. The number of unbranched alkanes of at least 4 members (excludes halogenated alkanes) is 1. The SMILES string of the molecule is CCCCOC(=O)C(C)Oc1ccc(Cl)c(Cl)c1. The van der Waals surface area contributed by atoms with Crippen LogP contribution < -0.4 is 4.74 Å². The van der Waals surface area contributed by atoms with Gasteiger partial charge in [0, 0.05) is 6.07 Å². The van der Waals surface area contributed by atoms with Crippen LogP contribution in [0.15, 0.2) is 18.2 Å². The lowest BCUT2D eigenvalue weighted by atomic mass is 10.3. The molecule has 0 spiro atoms. The summed E-state index contributed by atoms with van der Waals surface area (Å²) in [6.07, 6.45) is 1.17. The topological polar surface area (TPSA) is 35.5 Å². The molecule has 0 aromatic heterocycles. The summed E-state index contributed by atoms with van der Waals surface area (Å²) < 4.78 is 10.5. The minimum atomic E-state index is -0.668. The summed E-state index contributed by atoms with van der Waals surface area (Å²) in [4.78, 5) is 11.6. The number of halogens is 2. The smallest absolute Gasteiger partial charge is 0.347 e. The highest BCUT2D eigenvalue weighted by molar-refractivity contribution is 6.42. The highest BCUT2D eigenvalue weighted by Crippen LogP contribution is 2.26. The third-order valence-electron chi connectivity index (χ3n) is 2.28. The first kappa shape index (κ1) is 15.1. The molecule has 0 amide bonds. The van der Waals surface area contributed by atoms with Crippen LogP contribution in [0.25, 0.3) is 0 Å². The van der Waals surface area contributed by atoms with Crippen LogP contribution >= 0.6 is 23.2 Å². The van der Waals surface area contributed by atoms with Gasteiger partial charge in [0.1, 0.15) is 5.75 Å². The Hall–Kier alpha value is -0.930. The van der Waals surface area contributed by atoms with E-state index in [9.17, 15) is 4.79 Å². The van der Waals surface area contributed by atoms with Crippen molar-refractivity contribution in [2.24, 2.45) is 0 Å². The van der Waals surface area contributed by atoms with Crippen molar-refractivity contribution >= 4 is 29.2 Å². The zero-order valence-corrected chi connectivity index (χ0v) is 11.9. The van der Waals surface area contributed by atoms with Crippen molar-refractivity contribution in [3.8, 4) is 5.75 Å².